The van der Waals surface area contributed by atoms with Gasteiger partial charge in [-0.05, 0) is 52.2 Å². The van der Waals surface area contributed by atoms with Crippen LogP contribution in [0.25, 0.3) is 0 Å². The second-order valence-corrected chi connectivity index (χ2v) is 10.7. The van der Waals surface area contributed by atoms with Crippen LogP contribution in [0.3, 0.4) is 0 Å². The first-order chi connectivity index (χ1) is 14.8. The van der Waals surface area contributed by atoms with E-state index in [0.29, 0.717) is 11.6 Å². The van der Waals surface area contributed by atoms with Crippen LogP contribution in [0.2, 0.25) is 0 Å². The largest absolute Gasteiger partial charge is 0.389 e. The van der Waals surface area contributed by atoms with E-state index in [4.69, 9.17) is 14.0 Å². The van der Waals surface area contributed by atoms with Crippen molar-refractivity contribution >= 4 is 23.9 Å². The van der Waals surface area contributed by atoms with Gasteiger partial charge in [-0.25, -0.2) is 0 Å². The van der Waals surface area contributed by atoms with Gasteiger partial charge in [-0.2, -0.15) is 13.2 Å². The van der Waals surface area contributed by atoms with Crippen LogP contribution in [0, 0.1) is 0 Å². The number of hydrogen-bond donors (Lipinski definition) is 1. The van der Waals surface area contributed by atoms with Crippen molar-refractivity contribution in [2.24, 2.45) is 0 Å². The smallest absolute Gasteiger partial charge is 0.357 e. The number of nitrogens with one attached hydrogen (secondary N) is 1. The number of thioether (sulfide) groups is 1. The number of alkyl halides is 3. The molecule has 6 nitrogen and oxygen atoms in total. The molecular formula is C22H37F3N2O4S. The van der Waals surface area contributed by atoms with Crippen LogP contribution in [-0.2, 0) is 19.7 Å². The first kappa shape index (κ1) is 28.8. The fourth-order valence-corrected chi connectivity index (χ4v) is 3.65. The minimum atomic E-state index is -4.08. The van der Waals surface area contributed by atoms with Gasteiger partial charge in [0.2, 0.25) is 5.88 Å². The van der Waals surface area contributed by atoms with Crippen molar-refractivity contribution in [3.63, 3.8) is 0 Å². The maximum absolute atomic E-state index is 11.7. The summed E-state index contributed by atoms with van der Waals surface area (Å²) >= 11 is 1.25. The van der Waals surface area contributed by atoms with Gasteiger partial charge in [0.25, 0.3) is 0 Å². The fourth-order valence-electron chi connectivity index (χ4n) is 2.76. The SMILES string of the molecule is CC(C)(C=O)SCCCC(F)(F)F.CNc1cc(C(C)(C)C(C)OC2CCCCO2)no1. The molecule has 1 aromatic heterocycles. The van der Waals surface area contributed by atoms with Gasteiger partial charge in [0.05, 0.1) is 16.5 Å². The average Bonchev–Trinajstić information content (AvgIpc) is 3.22. The number of aromatic nitrogens is 1. The molecule has 2 atom stereocenters. The van der Waals surface area contributed by atoms with Crippen LogP contribution in [0.1, 0.15) is 72.4 Å². The van der Waals surface area contributed by atoms with Crippen LogP contribution in [0.5, 0.6) is 0 Å². The first-order valence-electron chi connectivity index (χ1n) is 10.9. The molecule has 0 saturated carbocycles. The molecule has 2 rings (SSSR count). The highest BCUT2D eigenvalue weighted by Crippen LogP contribution is 2.31. The second kappa shape index (κ2) is 12.8. The molecule has 0 radical (unpaired) electrons. The molecule has 1 aliphatic heterocycles. The lowest BCUT2D eigenvalue weighted by atomic mass is 9.84. The third kappa shape index (κ3) is 10.6. The summed E-state index contributed by atoms with van der Waals surface area (Å²) in [6.07, 6.45) is -0.819. The maximum atomic E-state index is 11.7. The summed E-state index contributed by atoms with van der Waals surface area (Å²) in [5, 5.41) is 7.06. The summed E-state index contributed by atoms with van der Waals surface area (Å²) < 4.78 is 51.3. The Morgan fingerprint density at radius 2 is 2.00 bits per heavy atom. The lowest BCUT2D eigenvalue weighted by Crippen LogP contribution is -2.38. The van der Waals surface area contributed by atoms with Crippen molar-refractivity contribution in [3.05, 3.63) is 11.8 Å². The van der Waals surface area contributed by atoms with Gasteiger partial charge >= 0.3 is 6.18 Å². The molecule has 186 valence electrons. The van der Waals surface area contributed by atoms with E-state index in [-0.39, 0.29) is 24.2 Å². The predicted molar refractivity (Wildman–Crippen MR) is 121 cm³/mol. The monoisotopic (exact) mass is 482 g/mol. The van der Waals surface area contributed by atoms with E-state index in [1.54, 1.807) is 13.8 Å². The van der Waals surface area contributed by atoms with Crippen molar-refractivity contribution in [1.29, 1.82) is 0 Å². The molecule has 10 heteroatoms. The molecule has 1 aromatic rings. The number of ether oxygens (including phenoxy) is 2. The Morgan fingerprint density at radius 1 is 1.31 bits per heavy atom. The molecule has 1 N–H and O–H groups in total. The summed E-state index contributed by atoms with van der Waals surface area (Å²) in [4.78, 5) is 10.4. The molecule has 1 saturated heterocycles. The molecule has 0 aliphatic carbocycles. The second-order valence-electron chi connectivity index (χ2n) is 8.91. The molecule has 32 heavy (non-hydrogen) atoms. The summed E-state index contributed by atoms with van der Waals surface area (Å²) in [5.41, 5.74) is 0.666. The Morgan fingerprint density at radius 3 is 2.50 bits per heavy atom. The van der Waals surface area contributed by atoms with Crippen molar-refractivity contribution in [2.75, 3.05) is 24.7 Å². The van der Waals surface area contributed by atoms with Crippen LogP contribution in [0.4, 0.5) is 19.1 Å². The van der Waals surface area contributed by atoms with Gasteiger partial charge in [-0.15, -0.1) is 11.8 Å². The van der Waals surface area contributed by atoms with Crippen molar-refractivity contribution in [2.45, 2.75) is 95.5 Å². The molecule has 1 fully saturated rings. The summed E-state index contributed by atoms with van der Waals surface area (Å²) in [6, 6.07) is 1.92. The highest BCUT2D eigenvalue weighted by atomic mass is 32.2. The first-order valence-corrected chi connectivity index (χ1v) is 11.9. The Labute approximate surface area is 193 Å². The van der Waals surface area contributed by atoms with Crippen LogP contribution < -0.4 is 5.32 Å². The maximum Gasteiger partial charge on any atom is 0.389 e. The van der Waals surface area contributed by atoms with E-state index in [9.17, 15) is 18.0 Å². The number of rotatable bonds is 10. The standard InChI is InChI=1S/C14H24N2O3.C8H13F3OS/c1-10(18-13-7-5-6-8-17-13)14(2,3)11-9-12(15-4)19-16-11;1-7(2,6-12)13-5-3-4-8(9,10)11/h9-10,13,15H,5-8H2,1-4H3;6H,3-5H2,1-2H3. The zero-order chi connectivity index (χ0) is 24.4. The fraction of sp³-hybridized carbons (Fsp3) is 0.818. The van der Waals surface area contributed by atoms with Gasteiger partial charge in [-0.3, -0.25) is 0 Å². The lowest BCUT2D eigenvalue weighted by molar-refractivity contribution is -0.196. The topological polar surface area (TPSA) is 73.6 Å². The summed E-state index contributed by atoms with van der Waals surface area (Å²) in [6.45, 7) is 10.5. The van der Waals surface area contributed by atoms with Crippen LogP contribution in [0.15, 0.2) is 10.6 Å². The van der Waals surface area contributed by atoms with Crippen LogP contribution in [-0.4, -0.2) is 54.2 Å². The molecular weight excluding hydrogens is 445 g/mol. The molecule has 0 amide bonds. The number of hydrogen-bond acceptors (Lipinski definition) is 7. The molecule has 0 spiro atoms. The van der Waals surface area contributed by atoms with Crippen LogP contribution >= 0.6 is 11.8 Å². The Hall–Kier alpha value is -1.26. The summed E-state index contributed by atoms with van der Waals surface area (Å²) in [5.74, 6) is 1.04. The lowest BCUT2D eigenvalue weighted by Gasteiger charge is -2.34. The highest BCUT2D eigenvalue weighted by Gasteiger charge is 2.34. The molecule has 0 aromatic carbocycles. The predicted octanol–water partition coefficient (Wildman–Crippen LogP) is 5.97. The Kier molecular flexibility index (Phi) is 11.5. The number of carbonyl (C=O) groups is 1. The number of anilines is 1. The number of aldehydes is 1. The van der Waals surface area contributed by atoms with Gasteiger partial charge < -0.3 is 24.1 Å². The highest BCUT2D eigenvalue weighted by molar-refractivity contribution is 8.01. The van der Waals surface area contributed by atoms with E-state index < -0.39 is 17.3 Å². The van der Waals surface area contributed by atoms with Gasteiger partial charge in [0.1, 0.15) is 6.29 Å². The average molecular weight is 483 g/mol. The molecule has 2 unspecified atom stereocenters. The Bertz CT molecular complexity index is 674. The van der Waals surface area contributed by atoms with Crippen molar-refractivity contribution < 1.29 is 32.0 Å². The van der Waals surface area contributed by atoms with E-state index in [2.05, 4.69) is 31.2 Å². The minimum absolute atomic E-state index is 0.00501. The third-order valence-electron chi connectivity index (χ3n) is 5.29. The Balaban J connectivity index is 0.000000347. The molecule has 2 heterocycles. The normalized spacial score (nSPS) is 18.5. The van der Waals surface area contributed by atoms with Gasteiger partial charge in [-0.1, -0.05) is 19.0 Å². The number of nitrogens with zero attached hydrogens (tertiary/aromatic N) is 1. The third-order valence-corrected chi connectivity index (χ3v) is 6.62. The minimum Gasteiger partial charge on any atom is -0.357 e. The van der Waals surface area contributed by atoms with E-state index >= 15 is 0 Å². The summed E-state index contributed by atoms with van der Waals surface area (Å²) in [7, 11) is 1.81. The van der Waals surface area contributed by atoms with Crippen molar-refractivity contribution in [3.8, 4) is 0 Å². The zero-order valence-corrected chi connectivity index (χ0v) is 20.7. The van der Waals surface area contributed by atoms with E-state index in [1.165, 1.54) is 18.2 Å². The number of carbonyl (C=O) groups excluding carboxylic acids is 1. The van der Waals surface area contributed by atoms with E-state index in [1.807, 2.05) is 13.1 Å². The van der Waals surface area contributed by atoms with Crippen molar-refractivity contribution in [1.82, 2.24) is 5.16 Å². The van der Waals surface area contributed by atoms with Gasteiger partial charge in [0, 0.05) is 31.6 Å². The number of halogens is 3. The zero-order valence-electron chi connectivity index (χ0n) is 19.9. The molecule has 0 bridgehead atoms. The molecule has 1 aliphatic rings. The van der Waals surface area contributed by atoms with Gasteiger partial charge in [0.15, 0.2) is 6.29 Å². The quantitative estimate of drug-likeness (QED) is 0.325. The van der Waals surface area contributed by atoms with E-state index in [0.717, 1.165) is 31.4 Å².